The van der Waals surface area contributed by atoms with Gasteiger partial charge in [0.25, 0.3) is 5.91 Å². The lowest BCUT2D eigenvalue weighted by Crippen LogP contribution is -2.26. The summed E-state index contributed by atoms with van der Waals surface area (Å²) >= 11 is -2.04. The fourth-order valence-electron chi connectivity index (χ4n) is 4.78. The standard InChI is InChI=1S/C30H30F3N5O3S/c31-30(32,33)27-15-26(38(37-27)24-9-3-5-20(13-24)16-34)29(39)36-23-8-4-7-21(14-23)28(35-17-19-11-12-19)25-10-2-1-6-22(25)18-42(40)41/h1-10,13-15,19,28,35H,11-12,16-18,34H2,(H,36,39)(H,40,41). The zero-order valence-corrected chi connectivity index (χ0v) is 23.3. The fourth-order valence-corrected chi connectivity index (χ4v) is 5.31. The van der Waals surface area contributed by atoms with Gasteiger partial charge in [0.15, 0.2) is 16.8 Å². The van der Waals surface area contributed by atoms with Gasteiger partial charge in [-0.25, -0.2) is 8.89 Å². The van der Waals surface area contributed by atoms with E-state index in [-0.39, 0.29) is 29.7 Å². The first-order chi connectivity index (χ1) is 20.1. The van der Waals surface area contributed by atoms with Gasteiger partial charge >= 0.3 is 6.18 Å². The first kappa shape index (κ1) is 29.6. The summed E-state index contributed by atoms with van der Waals surface area (Å²) in [6, 6.07) is 21.2. The first-order valence-corrected chi connectivity index (χ1v) is 14.7. The van der Waals surface area contributed by atoms with Crippen LogP contribution in [0, 0.1) is 5.92 Å². The van der Waals surface area contributed by atoms with Crippen molar-refractivity contribution in [3.05, 3.63) is 113 Å². The van der Waals surface area contributed by atoms with Crippen molar-refractivity contribution >= 4 is 22.7 Å². The number of benzene rings is 3. The van der Waals surface area contributed by atoms with Gasteiger partial charge in [-0.3, -0.25) is 4.79 Å². The van der Waals surface area contributed by atoms with E-state index in [9.17, 15) is 26.7 Å². The lowest BCUT2D eigenvalue weighted by Gasteiger charge is -2.23. The van der Waals surface area contributed by atoms with E-state index < -0.39 is 28.9 Å². The summed E-state index contributed by atoms with van der Waals surface area (Å²) in [4.78, 5) is 13.4. The van der Waals surface area contributed by atoms with Crippen LogP contribution < -0.4 is 16.4 Å². The number of rotatable bonds is 11. The Morgan fingerprint density at radius 2 is 1.83 bits per heavy atom. The van der Waals surface area contributed by atoms with E-state index in [1.165, 1.54) is 0 Å². The number of nitrogens with two attached hydrogens (primary N) is 1. The number of hydrogen-bond acceptors (Lipinski definition) is 5. The first-order valence-electron chi connectivity index (χ1n) is 13.4. The van der Waals surface area contributed by atoms with E-state index >= 15 is 0 Å². The van der Waals surface area contributed by atoms with Crippen LogP contribution in [-0.2, 0) is 29.6 Å². The van der Waals surface area contributed by atoms with Crippen molar-refractivity contribution in [1.82, 2.24) is 15.1 Å². The lowest BCUT2D eigenvalue weighted by atomic mass is 9.94. The molecule has 3 aromatic carbocycles. The molecule has 1 heterocycles. The molecule has 5 rings (SSSR count). The molecule has 0 bridgehead atoms. The van der Waals surface area contributed by atoms with Gasteiger partial charge in [-0.05, 0) is 71.8 Å². The summed E-state index contributed by atoms with van der Waals surface area (Å²) < 4.78 is 63.0. The van der Waals surface area contributed by atoms with Crippen LogP contribution in [0.2, 0.25) is 0 Å². The Kier molecular flexibility index (Phi) is 8.88. The average molecular weight is 598 g/mol. The van der Waals surface area contributed by atoms with E-state index in [1.54, 1.807) is 48.5 Å². The highest BCUT2D eigenvalue weighted by atomic mass is 32.2. The fraction of sp³-hybridized carbons (Fsp3) is 0.267. The van der Waals surface area contributed by atoms with Crippen LogP contribution in [0.1, 0.15) is 57.3 Å². The summed E-state index contributed by atoms with van der Waals surface area (Å²) in [5.41, 5.74) is 7.86. The largest absolute Gasteiger partial charge is 0.435 e. The molecule has 1 fully saturated rings. The number of carbonyl (C=O) groups excluding carboxylic acids is 1. The number of anilines is 1. The monoisotopic (exact) mass is 597 g/mol. The summed E-state index contributed by atoms with van der Waals surface area (Å²) in [5, 5.41) is 9.97. The molecule has 2 atom stereocenters. The third-order valence-corrected chi connectivity index (χ3v) is 7.61. The predicted octanol–water partition coefficient (Wildman–Crippen LogP) is 5.41. The van der Waals surface area contributed by atoms with Crippen molar-refractivity contribution in [2.45, 2.75) is 37.4 Å². The van der Waals surface area contributed by atoms with Gasteiger partial charge in [0, 0.05) is 18.3 Å². The Bertz CT molecular complexity index is 1600. The van der Waals surface area contributed by atoms with Gasteiger partial charge in [-0.1, -0.05) is 48.5 Å². The predicted molar refractivity (Wildman–Crippen MR) is 154 cm³/mol. The second-order valence-electron chi connectivity index (χ2n) is 10.2. The van der Waals surface area contributed by atoms with Gasteiger partial charge in [-0.2, -0.15) is 18.3 Å². The van der Waals surface area contributed by atoms with Crippen LogP contribution in [0.4, 0.5) is 18.9 Å². The second kappa shape index (κ2) is 12.6. The van der Waals surface area contributed by atoms with Crippen LogP contribution in [0.3, 0.4) is 0 Å². The Morgan fingerprint density at radius 3 is 2.55 bits per heavy atom. The number of aromatic nitrogens is 2. The Hall–Kier alpha value is -3.84. The summed E-state index contributed by atoms with van der Waals surface area (Å²) in [6.45, 7) is 0.919. The average Bonchev–Trinajstić information content (AvgIpc) is 3.67. The number of halogens is 3. The molecule has 1 aliphatic carbocycles. The topological polar surface area (TPSA) is 122 Å². The van der Waals surface area contributed by atoms with Crippen LogP contribution in [0.25, 0.3) is 5.69 Å². The third kappa shape index (κ3) is 7.13. The van der Waals surface area contributed by atoms with E-state index in [1.807, 2.05) is 24.3 Å². The van der Waals surface area contributed by atoms with Crippen molar-refractivity contribution in [3.8, 4) is 5.69 Å². The molecule has 5 N–H and O–H groups in total. The molecule has 0 aliphatic heterocycles. The number of hydrogen-bond donors (Lipinski definition) is 4. The molecule has 12 heteroatoms. The lowest BCUT2D eigenvalue weighted by molar-refractivity contribution is -0.141. The minimum Gasteiger partial charge on any atom is -0.326 e. The molecule has 42 heavy (non-hydrogen) atoms. The summed E-state index contributed by atoms with van der Waals surface area (Å²) in [5.74, 6) is -0.257. The van der Waals surface area contributed by atoms with Crippen molar-refractivity contribution in [2.75, 3.05) is 11.9 Å². The Balaban J connectivity index is 1.47. The van der Waals surface area contributed by atoms with E-state index in [0.29, 0.717) is 22.7 Å². The zero-order chi connectivity index (χ0) is 29.9. The molecule has 1 aromatic heterocycles. The molecule has 8 nitrogen and oxygen atoms in total. The molecule has 220 valence electrons. The van der Waals surface area contributed by atoms with Gasteiger partial charge in [-0.15, -0.1) is 0 Å². The number of carbonyl (C=O) groups is 1. The molecule has 0 spiro atoms. The van der Waals surface area contributed by atoms with Crippen LogP contribution in [-0.4, -0.2) is 31.0 Å². The molecule has 1 saturated carbocycles. The number of nitrogens with zero attached hydrogens (tertiary/aromatic N) is 2. The maximum absolute atomic E-state index is 13.6. The molecule has 0 saturated heterocycles. The maximum atomic E-state index is 13.6. The minimum atomic E-state index is -4.75. The highest BCUT2D eigenvalue weighted by molar-refractivity contribution is 7.78. The molecule has 4 aromatic rings. The number of nitrogens with one attached hydrogen (secondary N) is 2. The van der Waals surface area contributed by atoms with Crippen molar-refractivity contribution in [1.29, 1.82) is 0 Å². The zero-order valence-electron chi connectivity index (χ0n) is 22.5. The molecular formula is C30H30F3N5O3S. The van der Waals surface area contributed by atoms with Crippen molar-refractivity contribution < 1.29 is 26.7 Å². The number of alkyl halides is 3. The molecular weight excluding hydrogens is 567 g/mol. The van der Waals surface area contributed by atoms with Crippen LogP contribution in [0.5, 0.6) is 0 Å². The Morgan fingerprint density at radius 1 is 1.07 bits per heavy atom. The normalized spacial score (nSPS) is 14.9. The highest BCUT2D eigenvalue weighted by Gasteiger charge is 2.36. The van der Waals surface area contributed by atoms with Gasteiger partial charge in [0.05, 0.1) is 17.5 Å². The SMILES string of the molecule is NCc1cccc(-n2nc(C(F)(F)F)cc2C(=O)Nc2cccc(C(NCC3CC3)c3ccccc3CS(=O)O)c2)c1. The van der Waals surface area contributed by atoms with Crippen molar-refractivity contribution in [3.63, 3.8) is 0 Å². The smallest absolute Gasteiger partial charge is 0.326 e. The van der Waals surface area contributed by atoms with Crippen LogP contribution >= 0.6 is 0 Å². The minimum absolute atomic E-state index is 0.0366. The summed E-state index contributed by atoms with van der Waals surface area (Å²) in [6.07, 6.45) is -2.50. The third-order valence-electron chi connectivity index (χ3n) is 7.05. The quantitative estimate of drug-likeness (QED) is 0.172. The highest BCUT2D eigenvalue weighted by Crippen LogP contribution is 2.33. The molecule has 0 radical (unpaired) electrons. The molecule has 1 aliphatic rings. The summed E-state index contributed by atoms with van der Waals surface area (Å²) in [7, 11) is 0. The van der Waals surface area contributed by atoms with Gasteiger partial charge < -0.3 is 20.9 Å². The molecule has 2 unspecified atom stereocenters. The number of amides is 1. The second-order valence-corrected chi connectivity index (χ2v) is 11.2. The van der Waals surface area contributed by atoms with E-state index in [2.05, 4.69) is 15.7 Å². The molecule has 1 amide bonds. The van der Waals surface area contributed by atoms with Gasteiger partial charge in [0.1, 0.15) is 5.69 Å². The van der Waals surface area contributed by atoms with Crippen molar-refractivity contribution in [2.24, 2.45) is 11.7 Å². The Labute approximate surface area is 243 Å². The van der Waals surface area contributed by atoms with Gasteiger partial charge in [0.2, 0.25) is 0 Å². The maximum Gasteiger partial charge on any atom is 0.435 e. The van der Waals surface area contributed by atoms with E-state index in [4.69, 9.17) is 5.73 Å². The van der Waals surface area contributed by atoms with E-state index in [0.717, 1.165) is 41.3 Å². The van der Waals surface area contributed by atoms with Crippen LogP contribution in [0.15, 0.2) is 78.9 Å².